The van der Waals surface area contributed by atoms with Gasteiger partial charge in [0.2, 0.25) is 0 Å². The molecule has 2 aliphatic heterocycles. The second-order valence-electron chi connectivity index (χ2n) is 4.65. The molecule has 0 N–H and O–H groups in total. The van der Waals surface area contributed by atoms with Gasteiger partial charge in [0.25, 0.3) is 0 Å². The minimum atomic E-state index is -0.546. The minimum Gasteiger partial charge on any atom is -0.459 e. The van der Waals surface area contributed by atoms with Gasteiger partial charge in [-0.3, -0.25) is 0 Å². The van der Waals surface area contributed by atoms with Crippen molar-refractivity contribution in [1.29, 1.82) is 0 Å². The molecule has 6 heteroatoms. The maximum absolute atomic E-state index is 11.9. The summed E-state index contributed by atoms with van der Waals surface area (Å²) < 4.78 is 20.1. The summed E-state index contributed by atoms with van der Waals surface area (Å²) >= 11 is 0. The third-order valence-electron chi connectivity index (χ3n) is 2.97. The van der Waals surface area contributed by atoms with Gasteiger partial charge in [-0.2, -0.15) is 0 Å². The number of rotatable bonds is 6. The zero-order chi connectivity index (χ0) is 13.9. The predicted molar refractivity (Wildman–Crippen MR) is 66.5 cm³/mol. The summed E-state index contributed by atoms with van der Waals surface area (Å²) in [5.74, 6) is -1.09. The van der Waals surface area contributed by atoms with Crippen LogP contribution < -0.4 is 0 Å². The van der Waals surface area contributed by atoms with E-state index in [0.717, 1.165) is 0 Å². The van der Waals surface area contributed by atoms with Crippen LogP contribution in [0.3, 0.4) is 0 Å². The molecule has 2 fully saturated rings. The summed E-state index contributed by atoms with van der Waals surface area (Å²) in [6.45, 7) is 1.63. The van der Waals surface area contributed by atoms with Crippen molar-refractivity contribution in [2.24, 2.45) is 0 Å². The van der Waals surface area contributed by atoms with E-state index in [1.165, 1.54) is 0 Å². The first kappa shape index (κ1) is 13.1. The topological polar surface area (TPSA) is 77.7 Å². The number of epoxide rings is 2. The van der Waals surface area contributed by atoms with Gasteiger partial charge in [-0.15, -0.1) is 0 Å². The molecule has 2 atom stereocenters. The number of carbonyl (C=O) groups is 2. The number of carbonyl (C=O) groups excluding carboxylic acids is 2. The molecule has 0 bridgehead atoms. The van der Waals surface area contributed by atoms with E-state index in [4.69, 9.17) is 18.9 Å². The van der Waals surface area contributed by atoms with E-state index in [-0.39, 0.29) is 36.5 Å². The van der Waals surface area contributed by atoms with Crippen LogP contribution in [0.5, 0.6) is 0 Å². The van der Waals surface area contributed by atoms with E-state index in [9.17, 15) is 9.59 Å². The van der Waals surface area contributed by atoms with Crippen molar-refractivity contribution >= 4 is 11.9 Å². The summed E-state index contributed by atoms with van der Waals surface area (Å²) in [5, 5.41) is 0. The lowest BCUT2D eigenvalue weighted by atomic mass is 10.1. The molecule has 0 amide bonds. The fourth-order valence-corrected chi connectivity index (χ4v) is 1.66. The molecule has 1 aromatic carbocycles. The Kier molecular flexibility index (Phi) is 3.66. The lowest BCUT2D eigenvalue weighted by Gasteiger charge is -2.08. The van der Waals surface area contributed by atoms with Crippen molar-refractivity contribution in [3.05, 3.63) is 35.4 Å². The number of hydrogen-bond donors (Lipinski definition) is 0. The van der Waals surface area contributed by atoms with Crippen LogP contribution in [-0.2, 0) is 18.9 Å². The molecule has 0 saturated carbocycles. The molecule has 3 rings (SSSR count). The van der Waals surface area contributed by atoms with Gasteiger partial charge in [0.15, 0.2) is 0 Å². The van der Waals surface area contributed by atoms with Crippen LogP contribution in [0, 0.1) is 0 Å². The molecule has 1 aromatic rings. The van der Waals surface area contributed by atoms with Crippen LogP contribution in [0.25, 0.3) is 0 Å². The number of esters is 2. The molecule has 0 aromatic heterocycles. The zero-order valence-electron chi connectivity index (χ0n) is 10.7. The Morgan fingerprint density at radius 1 is 0.950 bits per heavy atom. The van der Waals surface area contributed by atoms with Crippen LogP contribution in [0.2, 0.25) is 0 Å². The summed E-state index contributed by atoms with van der Waals surface area (Å²) in [5.41, 5.74) is 0.407. The highest BCUT2D eigenvalue weighted by atomic mass is 16.6. The van der Waals surface area contributed by atoms with E-state index in [2.05, 4.69) is 0 Å². The highest BCUT2D eigenvalue weighted by Crippen LogP contribution is 2.16. The van der Waals surface area contributed by atoms with Crippen LogP contribution in [0.4, 0.5) is 0 Å². The molecule has 20 heavy (non-hydrogen) atoms. The molecule has 0 aliphatic carbocycles. The maximum atomic E-state index is 11.9. The average Bonchev–Trinajstić information content (AvgIpc) is 3.36. The largest absolute Gasteiger partial charge is 0.459 e. The van der Waals surface area contributed by atoms with Gasteiger partial charge in [0.1, 0.15) is 25.4 Å². The molecule has 2 aliphatic rings. The van der Waals surface area contributed by atoms with Crippen LogP contribution >= 0.6 is 0 Å². The molecule has 2 heterocycles. The Bertz CT molecular complexity index is 471. The third-order valence-corrected chi connectivity index (χ3v) is 2.97. The summed E-state index contributed by atoms with van der Waals surface area (Å²) in [6, 6.07) is 6.43. The summed E-state index contributed by atoms with van der Waals surface area (Å²) in [4.78, 5) is 23.9. The van der Waals surface area contributed by atoms with Crippen molar-refractivity contribution in [3.8, 4) is 0 Å². The lowest BCUT2D eigenvalue weighted by Crippen LogP contribution is -2.17. The van der Waals surface area contributed by atoms with Gasteiger partial charge < -0.3 is 18.9 Å². The second kappa shape index (κ2) is 5.60. The normalized spacial score (nSPS) is 23.0. The summed E-state index contributed by atoms with van der Waals surface area (Å²) in [6.07, 6.45) is -0.0184. The lowest BCUT2D eigenvalue weighted by molar-refractivity contribution is 0.0430. The van der Waals surface area contributed by atoms with Gasteiger partial charge in [0, 0.05) is 0 Å². The Morgan fingerprint density at radius 2 is 1.35 bits per heavy atom. The van der Waals surface area contributed by atoms with E-state index >= 15 is 0 Å². The quantitative estimate of drug-likeness (QED) is 0.565. The van der Waals surface area contributed by atoms with Gasteiger partial charge >= 0.3 is 11.9 Å². The molecule has 0 spiro atoms. The Hall–Kier alpha value is -1.92. The van der Waals surface area contributed by atoms with Crippen molar-refractivity contribution < 1.29 is 28.5 Å². The first-order valence-corrected chi connectivity index (χ1v) is 6.40. The zero-order valence-corrected chi connectivity index (χ0v) is 10.7. The minimum absolute atomic E-state index is 0.00919. The molecule has 6 nitrogen and oxygen atoms in total. The second-order valence-corrected chi connectivity index (χ2v) is 4.65. The standard InChI is InChI=1S/C14H14O6/c15-13(19-7-9-5-17-9)11-3-1-2-4-12(11)14(16)20-8-10-6-18-10/h1-4,9-10H,5-8H2/t9-,10?/m0/s1. The van der Waals surface area contributed by atoms with Crippen molar-refractivity contribution in [1.82, 2.24) is 0 Å². The van der Waals surface area contributed by atoms with Crippen molar-refractivity contribution in [2.75, 3.05) is 26.4 Å². The molecule has 0 radical (unpaired) electrons. The number of benzene rings is 1. The van der Waals surface area contributed by atoms with Crippen molar-refractivity contribution in [2.45, 2.75) is 12.2 Å². The van der Waals surface area contributed by atoms with Gasteiger partial charge in [-0.05, 0) is 12.1 Å². The Labute approximate surface area is 115 Å². The molecule has 1 unspecified atom stereocenters. The van der Waals surface area contributed by atoms with Gasteiger partial charge in [0.05, 0.1) is 24.3 Å². The summed E-state index contributed by atoms with van der Waals surface area (Å²) in [7, 11) is 0. The van der Waals surface area contributed by atoms with E-state index in [0.29, 0.717) is 13.2 Å². The number of ether oxygens (including phenoxy) is 4. The fraction of sp³-hybridized carbons (Fsp3) is 0.429. The van der Waals surface area contributed by atoms with E-state index in [1.54, 1.807) is 24.3 Å². The first-order chi connectivity index (χ1) is 9.74. The number of hydrogen-bond acceptors (Lipinski definition) is 6. The highest BCUT2D eigenvalue weighted by molar-refractivity contribution is 6.03. The van der Waals surface area contributed by atoms with Crippen LogP contribution in [0.15, 0.2) is 24.3 Å². The van der Waals surface area contributed by atoms with Crippen LogP contribution in [0.1, 0.15) is 20.7 Å². The third kappa shape index (κ3) is 3.34. The average molecular weight is 278 g/mol. The van der Waals surface area contributed by atoms with Crippen LogP contribution in [-0.4, -0.2) is 50.6 Å². The predicted octanol–water partition coefficient (Wildman–Crippen LogP) is 0.798. The van der Waals surface area contributed by atoms with E-state index in [1.807, 2.05) is 0 Å². The molecular formula is C14H14O6. The van der Waals surface area contributed by atoms with Gasteiger partial charge in [-0.1, -0.05) is 12.1 Å². The molecular weight excluding hydrogens is 264 g/mol. The van der Waals surface area contributed by atoms with Gasteiger partial charge in [-0.25, -0.2) is 9.59 Å². The monoisotopic (exact) mass is 278 g/mol. The Balaban J connectivity index is 1.65. The first-order valence-electron chi connectivity index (χ1n) is 6.40. The Morgan fingerprint density at radius 3 is 1.70 bits per heavy atom. The maximum Gasteiger partial charge on any atom is 0.339 e. The fourth-order valence-electron chi connectivity index (χ4n) is 1.66. The highest BCUT2D eigenvalue weighted by Gasteiger charge is 2.27. The molecule has 2 saturated heterocycles. The van der Waals surface area contributed by atoms with Crippen molar-refractivity contribution in [3.63, 3.8) is 0 Å². The molecule has 106 valence electrons. The van der Waals surface area contributed by atoms with E-state index < -0.39 is 11.9 Å². The smallest absolute Gasteiger partial charge is 0.339 e. The SMILES string of the molecule is O=C(OCC1CO1)c1ccccc1C(=O)OC[C@@H]1CO1.